The number of aliphatic carboxylic acids is 1. The summed E-state index contributed by atoms with van der Waals surface area (Å²) >= 11 is 0. The number of rotatable bonds is 10. The van der Waals surface area contributed by atoms with Gasteiger partial charge in [-0.1, -0.05) is 19.9 Å². The highest BCUT2D eigenvalue weighted by molar-refractivity contribution is 5.87. The smallest absolute Gasteiger partial charge is 0.335 e. The summed E-state index contributed by atoms with van der Waals surface area (Å²) in [5, 5.41) is 29.5. The Morgan fingerprint density at radius 1 is 1.16 bits per heavy atom. The van der Waals surface area contributed by atoms with Crippen LogP contribution < -0.4 is 15.2 Å². The number of aliphatic hydroxyl groups excluding tert-OH is 1. The third-order valence-electron chi connectivity index (χ3n) is 4.90. The van der Waals surface area contributed by atoms with E-state index in [1.165, 1.54) is 6.08 Å². The second-order valence-corrected chi connectivity index (χ2v) is 7.61. The maximum Gasteiger partial charge on any atom is 0.335 e. The fraction of sp³-hybridized carbons (Fsp3) is 0.545. The van der Waals surface area contributed by atoms with Gasteiger partial charge in [0, 0.05) is 25.0 Å². The molecule has 4 atom stereocenters. The summed E-state index contributed by atoms with van der Waals surface area (Å²) in [5.41, 5.74) is 4.22. The molecule has 1 aromatic carbocycles. The number of hydrogen-bond acceptors (Lipinski definition) is 8. The Bertz CT molecular complexity index is 796. The SMILES string of the molecule is CCCOc1ccc(/C=C/C(=O)O[C@H]2C[C@](O)(C(=O)O)CC(N)[C@H]2O)cc1OCCC. The van der Waals surface area contributed by atoms with Crippen molar-refractivity contribution in [3.63, 3.8) is 0 Å². The summed E-state index contributed by atoms with van der Waals surface area (Å²) in [6.45, 7) is 5.06. The van der Waals surface area contributed by atoms with Gasteiger partial charge in [-0.15, -0.1) is 0 Å². The number of nitrogens with two attached hydrogens (primary N) is 1. The van der Waals surface area contributed by atoms with E-state index in [2.05, 4.69) is 0 Å². The first-order valence-electron chi connectivity index (χ1n) is 10.4. The lowest BCUT2D eigenvalue weighted by atomic mass is 9.78. The minimum absolute atomic E-state index is 0.333. The van der Waals surface area contributed by atoms with Crippen LogP contribution in [-0.2, 0) is 14.3 Å². The molecule has 9 nitrogen and oxygen atoms in total. The summed E-state index contributed by atoms with van der Waals surface area (Å²) in [4.78, 5) is 23.5. The van der Waals surface area contributed by atoms with Crippen molar-refractivity contribution in [3.8, 4) is 11.5 Å². The molecule has 0 heterocycles. The molecule has 1 unspecified atom stereocenters. The molecular weight excluding hydrogens is 406 g/mol. The molecule has 0 amide bonds. The average Bonchev–Trinajstić information content (AvgIpc) is 2.73. The number of carbonyl (C=O) groups is 2. The van der Waals surface area contributed by atoms with Gasteiger partial charge in [-0.25, -0.2) is 9.59 Å². The molecule has 0 bridgehead atoms. The number of esters is 1. The van der Waals surface area contributed by atoms with Gasteiger partial charge in [-0.05, 0) is 36.6 Å². The molecule has 2 rings (SSSR count). The van der Waals surface area contributed by atoms with Gasteiger partial charge in [0.15, 0.2) is 17.1 Å². The van der Waals surface area contributed by atoms with E-state index < -0.39 is 42.2 Å². The van der Waals surface area contributed by atoms with Crippen LogP contribution in [0.5, 0.6) is 11.5 Å². The number of hydrogen-bond donors (Lipinski definition) is 4. The van der Waals surface area contributed by atoms with Crippen molar-refractivity contribution >= 4 is 18.0 Å². The lowest BCUT2D eigenvalue weighted by molar-refractivity contribution is -0.182. The Balaban J connectivity index is 2.08. The number of carbonyl (C=O) groups excluding carboxylic acids is 1. The van der Waals surface area contributed by atoms with Crippen LogP contribution >= 0.6 is 0 Å². The largest absolute Gasteiger partial charge is 0.490 e. The van der Waals surface area contributed by atoms with Crippen LogP contribution in [0.1, 0.15) is 45.1 Å². The van der Waals surface area contributed by atoms with E-state index in [4.69, 9.17) is 19.9 Å². The third-order valence-corrected chi connectivity index (χ3v) is 4.90. The van der Waals surface area contributed by atoms with Crippen LogP contribution in [0.2, 0.25) is 0 Å². The normalized spacial score (nSPS) is 25.9. The lowest BCUT2D eigenvalue weighted by Gasteiger charge is -2.39. The summed E-state index contributed by atoms with van der Waals surface area (Å²) in [5.74, 6) is -1.10. The molecule has 172 valence electrons. The van der Waals surface area contributed by atoms with Gasteiger partial charge in [0.25, 0.3) is 0 Å². The highest BCUT2D eigenvalue weighted by Gasteiger charge is 2.49. The number of benzene rings is 1. The molecule has 1 aromatic rings. The van der Waals surface area contributed by atoms with Crippen LogP contribution in [0.25, 0.3) is 6.08 Å². The fourth-order valence-corrected chi connectivity index (χ4v) is 3.25. The van der Waals surface area contributed by atoms with Gasteiger partial charge in [-0.2, -0.15) is 0 Å². The molecule has 0 aromatic heterocycles. The van der Waals surface area contributed by atoms with E-state index in [0.29, 0.717) is 30.3 Å². The number of ether oxygens (including phenoxy) is 3. The minimum atomic E-state index is -2.16. The van der Waals surface area contributed by atoms with E-state index in [-0.39, 0.29) is 6.42 Å². The standard InChI is InChI=1S/C22H31NO8/c1-3-9-29-16-7-5-14(11-17(16)30-10-4-2)6-8-19(24)31-18-13-22(28,21(26)27)12-15(23)20(18)25/h5-8,11,15,18,20,25,28H,3-4,9-10,12-13,23H2,1-2H3,(H,26,27)/b8-6+/t15?,18-,20+,22-/m0/s1. The predicted molar refractivity (Wildman–Crippen MR) is 113 cm³/mol. The minimum Gasteiger partial charge on any atom is -0.490 e. The zero-order valence-corrected chi connectivity index (χ0v) is 17.8. The van der Waals surface area contributed by atoms with Crippen molar-refractivity contribution in [3.05, 3.63) is 29.8 Å². The highest BCUT2D eigenvalue weighted by atomic mass is 16.6. The Labute approximate surface area is 181 Å². The van der Waals surface area contributed by atoms with Gasteiger partial charge < -0.3 is 35.3 Å². The van der Waals surface area contributed by atoms with Crippen LogP contribution in [0.4, 0.5) is 0 Å². The first-order chi connectivity index (χ1) is 14.7. The highest BCUT2D eigenvalue weighted by Crippen LogP contribution is 2.31. The second-order valence-electron chi connectivity index (χ2n) is 7.61. The van der Waals surface area contributed by atoms with Crippen molar-refractivity contribution in [1.29, 1.82) is 0 Å². The van der Waals surface area contributed by atoms with Crippen LogP contribution in [0.3, 0.4) is 0 Å². The topological polar surface area (TPSA) is 149 Å². The monoisotopic (exact) mass is 437 g/mol. The number of aliphatic hydroxyl groups is 2. The summed E-state index contributed by atoms with van der Waals surface area (Å²) in [6, 6.07) is 4.20. The van der Waals surface area contributed by atoms with Gasteiger partial charge >= 0.3 is 11.9 Å². The van der Waals surface area contributed by atoms with E-state index >= 15 is 0 Å². The summed E-state index contributed by atoms with van der Waals surface area (Å²) < 4.78 is 16.6. The first kappa shape index (κ1) is 24.6. The van der Waals surface area contributed by atoms with Crippen molar-refractivity contribution in [2.24, 2.45) is 5.73 Å². The molecule has 0 spiro atoms. The lowest BCUT2D eigenvalue weighted by Crippen LogP contribution is -2.59. The molecule has 9 heteroatoms. The molecule has 1 saturated carbocycles. The number of carboxylic acids is 1. The molecular formula is C22H31NO8. The van der Waals surface area contributed by atoms with E-state index in [0.717, 1.165) is 18.9 Å². The van der Waals surface area contributed by atoms with Gasteiger partial charge in [0.1, 0.15) is 12.2 Å². The molecule has 0 radical (unpaired) electrons. The van der Waals surface area contributed by atoms with Gasteiger partial charge in [-0.3, -0.25) is 0 Å². The van der Waals surface area contributed by atoms with Crippen LogP contribution in [0.15, 0.2) is 24.3 Å². The summed E-state index contributed by atoms with van der Waals surface area (Å²) in [7, 11) is 0. The Kier molecular flexibility index (Phi) is 8.85. The Hall–Kier alpha value is -2.62. The maximum atomic E-state index is 12.2. The second kappa shape index (κ2) is 11.1. The maximum absolute atomic E-state index is 12.2. The predicted octanol–water partition coefficient (Wildman–Crippen LogP) is 1.49. The molecule has 5 N–H and O–H groups in total. The molecule has 1 aliphatic carbocycles. The Morgan fingerprint density at radius 2 is 1.81 bits per heavy atom. The molecule has 31 heavy (non-hydrogen) atoms. The van der Waals surface area contributed by atoms with Crippen molar-refractivity contribution in [1.82, 2.24) is 0 Å². The third kappa shape index (κ3) is 6.68. The summed E-state index contributed by atoms with van der Waals surface area (Å²) in [6.07, 6.45) is 1.04. The van der Waals surface area contributed by atoms with Crippen molar-refractivity contribution in [2.45, 2.75) is 63.4 Å². The van der Waals surface area contributed by atoms with Crippen LogP contribution in [-0.4, -0.2) is 64.3 Å². The Morgan fingerprint density at radius 3 is 2.42 bits per heavy atom. The zero-order chi connectivity index (χ0) is 23.0. The zero-order valence-electron chi connectivity index (χ0n) is 17.8. The first-order valence-corrected chi connectivity index (χ1v) is 10.4. The van der Waals surface area contributed by atoms with E-state index in [9.17, 15) is 24.9 Å². The van der Waals surface area contributed by atoms with E-state index in [1.807, 2.05) is 13.8 Å². The number of carboxylic acid groups (broad SMARTS) is 1. The fourth-order valence-electron chi connectivity index (χ4n) is 3.25. The molecule has 1 aliphatic rings. The van der Waals surface area contributed by atoms with Crippen LogP contribution in [0, 0.1) is 0 Å². The van der Waals surface area contributed by atoms with Crippen molar-refractivity contribution < 1.29 is 39.1 Å². The molecule has 0 saturated heterocycles. The van der Waals surface area contributed by atoms with Gasteiger partial charge in [0.2, 0.25) is 0 Å². The molecule has 1 fully saturated rings. The quantitative estimate of drug-likeness (QED) is 0.315. The van der Waals surface area contributed by atoms with Crippen molar-refractivity contribution in [2.75, 3.05) is 13.2 Å². The van der Waals surface area contributed by atoms with Gasteiger partial charge in [0.05, 0.1) is 13.2 Å². The average molecular weight is 437 g/mol. The molecule has 0 aliphatic heterocycles. The van der Waals surface area contributed by atoms with E-state index in [1.54, 1.807) is 18.2 Å².